The van der Waals surface area contributed by atoms with Crippen LogP contribution in [0.25, 0.3) is 0 Å². The van der Waals surface area contributed by atoms with Crippen LogP contribution in [0.15, 0.2) is 0 Å². The summed E-state index contributed by atoms with van der Waals surface area (Å²) in [5.74, 6) is -0.123. The Hall–Kier alpha value is -0.610. The molecule has 0 aromatic rings. The van der Waals surface area contributed by atoms with Crippen molar-refractivity contribution in [1.82, 2.24) is 4.90 Å². The molecule has 0 saturated carbocycles. The number of esters is 1. The summed E-state index contributed by atoms with van der Waals surface area (Å²) in [7, 11) is 0. The quantitative estimate of drug-likeness (QED) is 0.709. The molecule has 0 amide bonds. The molecular formula is C13H25NO3. The Bertz CT molecular complexity index is 268. The molecule has 0 N–H and O–H groups in total. The summed E-state index contributed by atoms with van der Waals surface area (Å²) < 4.78 is 10.9. The second-order valence-corrected chi connectivity index (χ2v) is 6.22. The van der Waals surface area contributed by atoms with Crippen LogP contribution in [0.1, 0.15) is 41.0 Å². The molecule has 0 atom stereocenters. The summed E-state index contributed by atoms with van der Waals surface area (Å²) in [4.78, 5) is 13.8. The van der Waals surface area contributed by atoms with Gasteiger partial charge in [-0.15, -0.1) is 0 Å². The van der Waals surface area contributed by atoms with Gasteiger partial charge in [0.15, 0.2) is 0 Å². The lowest BCUT2D eigenvalue weighted by Crippen LogP contribution is -2.48. The number of hydrogen-bond donors (Lipinski definition) is 0. The molecule has 0 unspecified atom stereocenters. The average molecular weight is 243 g/mol. The fourth-order valence-electron chi connectivity index (χ4n) is 1.95. The Morgan fingerprint density at radius 3 is 2.59 bits per heavy atom. The van der Waals surface area contributed by atoms with Crippen LogP contribution in [0.4, 0.5) is 0 Å². The number of morpholine rings is 1. The standard InChI is InChI=1S/C13H25NO3/c1-12(2,3)17-11(15)6-7-14-8-9-16-13(4,5)10-14/h6-10H2,1-5H3. The third-order valence-corrected chi connectivity index (χ3v) is 2.56. The van der Waals surface area contributed by atoms with Crippen molar-refractivity contribution >= 4 is 5.97 Å². The summed E-state index contributed by atoms with van der Waals surface area (Å²) in [5.41, 5.74) is -0.493. The first-order chi connectivity index (χ1) is 7.68. The molecule has 1 aliphatic rings. The van der Waals surface area contributed by atoms with Crippen molar-refractivity contribution in [3.63, 3.8) is 0 Å². The summed E-state index contributed by atoms with van der Waals surface area (Å²) in [6.45, 7) is 13.1. The first-order valence-electron chi connectivity index (χ1n) is 6.26. The zero-order valence-electron chi connectivity index (χ0n) is 11.7. The van der Waals surface area contributed by atoms with E-state index in [-0.39, 0.29) is 17.2 Å². The topological polar surface area (TPSA) is 38.8 Å². The number of rotatable bonds is 3. The second kappa shape index (κ2) is 5.36. The lowest BCUT2D eigenvalue weighted by molar-refractivity contribution is -0.156. The van der Waals surface area contributed by atoms with E-state index in [4.69, 9.17) is 9.47 Å². The SMILES string of the molecule is CC(C)(C)OC(=O)CCN1CCOC(C)(C)C1. The van der Waals surface area contributed by atoms with Crippen LogP contribution in [0.2, 0.25) is 0 Å². The minimum atomic E-state index is -0.388. The van der Waals surface area contributed by atoms with E-state index in [0.29, 0.717) is 6.42 Å². The molecule has 0 aromatic carbocycles. The molecule has 1 heterocycles. The van der Waals surface area contributed by atoms with Gasteiger partial charge in [0, 0.05) is 19.6 Å². The Labute approximate surface area is 104 Å². The molecule has 0 bridgehead atoms. The number of carbonyl (C=O) groups is 1. The van der Waals surface area contributed by atoms with Gasteiger partial charge >= 0.3 is 5.97 Å². The third-order valence-electron chi connectivity index (χ3n) is 2.56. The van der Waals surface area contributed by atoms with E-state index >= 15 is 0 Å². The first kappa shape index (κ1) is 14.5. The Morgan fingerprint density at radius 2 is 2.06 bits per heavy atom. The van der Waals surface area contributed by atoms with E-state index in [1.165, 1.54) is 0 Å². The minimum Gasteiger partial charge on any atom is -0.460 e. The van der Waals surface area contributed by atoms with Crippen molar-refractivity contribution in [1.29, 1.82) is 0 Å². The van der Waals surface area contributed by atoms with Crippen LogP contribution in [-0.4, -0.2) is 48.3 Å². The van der Waals surface area contributed by atoms with Crippen LogP contribution < -0.4 is 0 Å². The number of nitrogens with zero attached hydrogens (tertiary/aromatic N) is 1. The van der Waals surface area contributed by atoms with E-state index in [1.807, 2.05) is 20.8 Å². The van der Waals surface area contributed by atoms with Crippen molar-refractivity contribution in [3.8, 4) is 0 Å². The maximum absolute atomic E-state index is 11.6. The molecule has 1 saturated heterocycles. The Balaban J connectivity index is 2.29. The predicted molar refractivity (Wildman–Crippen MR) is 66.9 cm³/mol. The van der Waals surface area contributed by atoms with Gasteiger partial charge in [0.25, 0.3) is 0 Å². The van der Waals surface area contributed by atoms with Crippen molar-refractivity contribution in [2.75, 3.05) is 26.2 Å². The number of hydrogen-bond acceptors (Lipinski definition) is 4. The van der Waals surface area contributed by atoms with Gasteiger partial charge in [-0.2, -0.15) is 0 Å². The molecule has 0 aromatic heterocycles. The fraction of sp³-hybridized carbons (Fsp3) is 0.923. The van der Waals surface area contributed by atoms with Crippen LogP contribution in [-0.2, 0) is 14.3 Å². The van der Waals surface area contributed by atoms with Crippen molar-refractivity contribution in [2.24, 2.45) is 0 Å². The molecule has 4 nitrogen and oxygen atoms in total. The maximum atomic E-state index is 11.6. The monoisotopic (exact) mass is 243 g/mol. The number of carbonyl (C=O) groups excluding carboxylic acids is 1. The first-order valence-corrected chi connectivity index (χ1v) is 6.26. The Kier molecular flexibility index (Phi) is 4.55. The van der Waals surface area contributed by atoms with E-state index in [1.54, 1.807) is 0 Å². The highest BCUT2D eigenvalue weighted by Crippen LogP contribution is 2.16. The normalized spacial score (nSPS) is 21.2. The van der Waals surface area contributed by atoms with E-state index in [9.17, 15) is 4.79 Å². The third kappa shape index (κ3) is 6.03. The van der Waals surface area contributed by atoms with Crippen LogP contribution >= 0.6 is 0 Å². The maximum Gasteiger partial charge on any atom is 0.307 e. The highest BCUT2D eigenvalue weighted by molar-refractivity contribution is 5.70. The van der Waals surface area contributed by atoms with Crippen molar-refractivity contribution in [2.45, 2.75) is 52.2 Å². The Morgan fingerprint density at radius 1 is 1.41 bits per heavy atom. The smallest absolute Gasteiger partial charge is 0.307 e. The number of ether oxygens (including phenoxy) is 2. The highest BCUT2D eigenvalue weighted by Gasteiger charge is 2.27. The van der Waals surface area contributed by atoms with E-state index < -0.39 is 0 Å². The van der Waals surface area contributed by atoms with Crippen LogP contribution in [0.3, 0.4) is 0 Å². The van der Waals surface area contributed by atoms with Gasteiger partial charge in [0.05, 0.1) is 18.6 Å². The lowest BCUT2D eigenvalue weighted by atomic mass is 10.1. The van der Waals surface area contributed by atoms with Gasteiger partial charge in [-0.25, -0.2) is 0 Å². The van der Waals surface area contributed by atoms with E-state index in [2.05, 4.69) is 18.7 Å². The molecule has 17 heavy (non-hydrogen) atoms. The van der Waals surface area contributed by atoms with Crippen LogP contribution in [0.5, 0.6) is 0 Å². The predicted octanol–water partition coefficient (Wildman–Crippen LogP) is 1.83. The van der Waals surface area contributed by atoms with Gasteiger partial charge < -0.3 is 9.47 Å². The summed E-state index contributed by atoms with van der Waals surface area (Å²) in [5, 5.41) is 0. The van der Waals surface area contributed by atoms with Gasteiger partial charge in [0.2, 0.25) is 0 Å². The molecule has 0 aliphatic carbocycles. The lowest BCUT2D eigenvalue weighted by Gasteiger charge is -2.38. The van der Waals surface area contributed by atoms with Crippen molar-refractivity contribution in [3.05, 3.63) is 0 Å². The van der Waals surface area contributed by atoms with Gasteiger partial charge in [-0.1, -0.05) is 0 Å². The largest absolute Gasteiger partial charge is 0.460 e. The summed E-state index contributed by atoms with van der Waals surface area (Å²) in [6, 6.07) is 0. The minimum absolute atomic E-state index is 0.105. The van der Waals surface area contributed by atoms with Gasteiger partial charge in [0.1, 0.15) is 5.60 Å². The molecule has 1 rings (SSSR count). The molecule has 1 fully saturated rings. The molecule has 0 spiro atoms. The molecule has 0 radical (unpaired) electrons. The summed E-state index contributed by atoms with van der Waals surface area (Å²) >= 11 is 0. The van der Waals surface area contributed by atoms with Gasteiger partial charge in [-0.3, -0.25) is 9.69 Å². The van der Waals surface area contributed by atoms with Crippen LogP contribution in [0, 0.1) is 0 Å². The fourth-order valence-corrected chi connectivity index (χ4v) is 1.95. The average Bonchev–Trinajstić information content (AvgIpc) is 2.10. The second-order valence-electron chi connectivity index (χ2n) is 6.22. The molecule has 1 aliphatic heterocycles. The van der Waals surface area contributed by atoms with Crippen molar-refractivity contribution < 1.29 is 14.3 Å². The summed E-state index contributed by atoms with van der Waals surface area (Å²) in [6.07, 6.45) is 0.452. The molecule has 100 valence electrons. The highest BCUT2D eigenvalue weighted by atomic mass is 16.6. The zero-order chi connectivity index (χ0) is 13.1. The zero-order valence-corrected chi connectivity index (χ0v) is 11.7. The molecule has 4 heteroatoms. The van der Waals surface area contributed by atoms with E-state index in [0.717, 1.165) is 26.2 Å². The molecular weight excluding hydrogens is 218 g/mol. The van der Waals surface area contributed by atoms with Gasteiger partial charge in [-0.05, 0) is 34.6 Å².